The Labute approximate surface area is 87.2 Å². The lowest BCUT2D eigenvalue weighted by atomic mass is 10.1. The van der Waals surface area contributed by atoms with Gasteiger partial charge < -0.3 is 5.73 Å². The van der Waals surface area contributed by atoms with Crippen molar-refractivity contribution >= 4 is 33.3 Å². The summed E-state index contributed by atoms with van der Waals surface area (Å²) < 4.78 is 24.8. The maximum Gasteiger partial charge on any atom is 0.267 e. The van der Waals surface area contributed by atoms with Crippen molar-refractivity contribution in [2.75, 3.05) is 5.73 Å². The van der Waals surface area contributed by atoms with Gasteiger partial charge in [-0.2, -0.15) is 0 Å². The standard InChI is InChI=1S/C7H6BrClF2N2/c8-2-3-1-4(12)13-6(9)5(3)7(10)11/h1,7H,2H2,(H2,12,13). The molecule has 0 aliphatic rings. The van der Waals surface area contributed by atoms with E-state index in [9.17, 15) is 8.78 Å². The number of halogens is 4. The topological polar surface area (TPSA) is 38.9 Å². The molecule has 0 spiro atoms. The summed E-state index contributed by atoms with van der Waals surface area (Å²) in [5.74, 6) is 0.142. The van der Waals surface area contributed by atoms with Crippen LogP contribution in [0.4, 0.5) is 14.6 Å². The van der Waals surface area contributed by atoms with Gasteiger partial charge in [-0.25, -0.2) is 13.8 Å². The molecule has 0 radical (unpaired) electrons. The Balaban J connectivity index is 3.30. The molecule has 0 saturated heterocycles. The minimum Gasteiger partial charge on any atom is -0.384 e. The van der Waals surface area contributed by atoms with Gasteiger partial charge in [0.2, 0.25) is 0 Å². The van der Waals surface area contributed by atoms with Gasteiger partial charge >= 0.3 is 0 Å². The number of anilines is 1. The second-order valence-corrected chi connectivity index (χ2v) is 3.26. The molecule has 0 atom stereocenters. The van der Waals surface area contributed by atoms with Gasteiger partial charge in [0.25, 0.3) is 6.43 Å². The number of hydrogen-bond donors (Lipinski definition) is 1. The van der Waals surface area contributed by atoms with Crippen molar-refractivity contribution in [3.8, 4) is 0 Å². The Bertz CT molecular complexity index is 320. The van der Waals surface area contributed by atoms with E-state index in [2.05, 4.69) is 20.9 Å². The molecule has 13 heavy (non-hydrogen) atoms. The van der Waals surface area contributed by atoms with Crippen LogP contribution in [0, 0.1) is 0 Å². The Morgan fingerprint density at radius 2 is 2.23 bits per heavy atom. The van der Waals surface area contributed by atoms with Gasteiger partial charge in [0.15, 0.2) is 0 Å². The lowest BCUT2D eigenvalue weighted by Crippen LogP contribution is -2.00. The van der Waals surface area contributed by atoms with Crippen LogP contribution in [-0.2, 0) is 5.33 Å². The van der Waals surface area contributed by atoms with E-state index in [-0.39, 0.29) is 21.9 Å². The fourth-order valence-electron chi connectivity index (χ4n) is 0.935. The first kappa shape index (κ1) is 10.7. The van der Waals surface area contributed by atoms with Crippen LogP contribution >= 0.6 is 27.5 Å². The number of nitrogens with two attached hydrogens (primary N) is 1. The average Bonchev–Trinajstić information content (AvgIpc) is 2.01. The maximum atomic E-state index is 12.4. The molecule has 2 nitrogen and oxygen atoms in total. The molecule has 1 aromatic rings. The lowest BCUT2D eigenvalue weighted by molar-refractivity contribution is 0.150. The Hall–Kier alpha value is -0.420. The predicted molar refractivity (Wildman–Crippen MR) is 51.2 cm³/mol. The summed E-state index contributed by atoms with van der Waals surface area (Å²) in [5.41, 5.74) is 5.45. The minimum atomic E-state index is -2.63. The monoisotopic (exact) mass is 270 g/mol. The zero-order chi connectivity index (χ0) is 10.0. The number of hydrogen-bond acceptors (Lipinski definition) is 2. The highest BCUT2D eigenvalue weighted by molar-refractivity contribution is 9.08. The number of pyridine rings is 1. The molecular weight excluding hydrogens is 265 g/mol. The number of nitrogens with zero attached hydrogens (tertiary/aromatic N) is 1. The molecule has 0 unspecified atom stereocenters. The molecule has 1 rings (SSSR count). The first-order chi connectivity index (χ1) is 6.06. The SMILES string of the molecule is Nc1cc(CBr)c(C(F)F)c(Cl)n1. The van der Waals surface area contributed by atoms with Crippen molar-refractivity contribution in [2.45, 2.75) is 11.8 Å². The number of nitrogen functional groups attached to an aromatic ring is 1. The van der Waals surface area contributed by atoms with E-state index in [1.54, 1.807) is 0 Å². The molecule has 0 aromatic carbocycles. The molecule has 0 aliphatic heterocycles. The summed E-state index contributed by atoms with van der Waals surface area (Å²) in [4.78, 5) is 3.55. The van der Waals surface area contributed by atoms with E-state index >= 15 is 0 Å². The van der Waals surface area contributed by atoms with Crippen molar-refractivity contribution in [3.05, 3.63) is 22.3 Å². The highest BCUT2D eigenvalue weighted by Crippen LogP contribution is 2.31. The van der Waals surface area contributed by atoms with Crippen LogP contribution in [0.3, 0.4) is 0 Å². The first-order valence-corrected chi connectivity index (χ1v) is 4.85. The van der Waals surface area contributed by atoms with E-state index in [1.165, 1.54) is 6.07 Å². The van der Waals surface area contributed by atoms with E-state index in [0.717, 1.165) is 0 Å². The molecule has 0 aliphatic carbocycles. The molecule has 0 fully saturated rings. The normalized spacial score (nSPS) is 10.8. The summed E-state index contributed by atoms with van der Waals surface area (Å²) in [6.07, 6.45) is -2.63. The van der Waals surface area contributed by atoms with Crippen LogP contribution < -0.4 is 5.73 Å². The van der Waals surface area contributed by atoms with Gasteiger partial charge in [-0.3, -0.25) is 0 Å². The van der Waals surface area contributed by atoms with Crippen LogP contribution in [-0.4, -0.2) is 4.98 Å². The lowest BCUT2D eigenvalue weighted by Gasteiger charge is -2.08. The molecular formula is C7H6BrClF2N2. The van der Waals surface area contributed by atoms with Gasteiger partial charge in [-0.1, -0.05) is 27.5 Å². The maximum absolute atomic E-state index is 12.4. The summed E-state index contributed by atoms with van der Waals surface area (Å²) in [6.45, 7) is 0. The zero-order valence-corrected chi connectivity index (χ0v) is 8.74. The van der Waals surface area contributed by atoms with Crippen molar-refractivity contribution < 1.29 is 8.78 Å². The Morgan fingerprint density at radius 1 is 1.62 bits per heavy atom. The number of rotatable bonds is 2. The first-order valence-electron chi connectivity index (χ1n) is 3.35. The van der Waals surface area contributed by atoms with Crippen LogP contribution in [0.2, 0.25) is 5.15 Å². The van der Waals surface area contributed by atoms with Crippen LogP contribution in [0.5, 0.6) is 0 Å². The number of aromatic nitrogens is 1. The minimum absolute atomic E-state index is 0.142. The van der Waals surface area contributed by atoms with E-state index < -0.39 is 6.43 Å². The van der Waals surface area contributed by atoms with E-state index in [0.29, 0.717) is 5.56 Å². The van der Waals surface area contributed by atoms with Crippen molar-refractivity contribution in [1.29, 1.82) is 0 Å². The Kier molecular flexibility index (Phi) is 3.44. The largest absolute Gasteiger partial charge is 0.384 e. The summed E-state index contributed by atoms with van der Waals surface area (Å²) in [7, 11) is 0. The van der Waals surface area contributed by atoms with Crippen LogP contribution in [0.1, 0.15) is 17.6 Å². The van der Waals surface area contributed by atoms with Crippen molar-refractivity contribution in [3.63, 3.8) is 0 Å². The zero-order valence-electron chi connectivity index (χ0n) is 6.40. The Morgan fingerprint density at radius 3 is 2.69 bits per heavy atom. The van der Waals surface area contributed by atoms with Crippen LogP contribution in [0.15, 0.2) is 6.07 Å². The van der Waals surface area contributed by atoms with Crippen molar-refractivity contribution in [1.82, 2.24) is 4.98 Å². The van der Waals surface area contributed by atoms with E-state index in [4.69, 9.17) is 17.3 Å². The summed E-state index contributed by atoms with van der Waals surface area (Å²) in [6, 6.07) is 1.38. The molecule has 1 heterocycles. The third kappa shape index (κ3) is 2.28. The quantitative estimate of drug-likeness (QED) is 0.663. The molecule has 72 valence electrons. The van der Waals surface area contributed by atoms with Crippen LogP contribution in [0.25, 0.3) is 0 Å². The molecule has 0 bridgehead atoms. The molecule has 0 saturated carbocycles. The average molecular weight is 271 g/mol. The predicted octanol–water partition coefficient (Wildman–Crippen LogP) is 3.15. The second-order valence-electron chi connectivity index (χ2n) is 2.35. The highest BCUT2D eigenvalue weighted by Gasteiger charge is 2.18. The van der Waals surface area contributed by atoms with Gasteiger partial charge in [0.05, 0.1) is 5.56 Å². The highest BCUT2D eigenvalue weighted by atomic mass is 79.9. The molecule has 6 heteroatoms. The third-order valence-electron chi connectivity index (χ3n) is 1.48. The summed E-state index contributed by atoms with van der Waals surface area (Å²) in [5, 5.41) is 0.0449. The van der Waals surface area contributed by atoms with Gasteiger partial charge in [0.1, 0.15) is 11.0 Å². The second kappa shape index (κ2) is 4.19. The van der Waals surface area contributed by atoms with Crippen molar-refractivity contribution in [2.24, 2.45) is 0 Å². The summed E-state index contributed by atoms with van der Waals surface area (Å²) >= 11 is 8.59. The molecule has 2 N–H and O–H groups in total. The molecule has 1 aromatic heterocycles. The fraction of sp³-hybridized carbons (Fsp3) is 0.286. The third-order valence-corrected chi connectivity index (χ3v) is 2.37. The molecule has 0 amide bonds. The van der Waals surface area contributed by atoms with Gasteiger partial charge in [0, 0.05) is 5.33 Å². The van der Waals surface area contributed by atoms with E-state index in [1.807, 2.05) is 0 Å². The smallest absolute Gasteiger partial charge is 0.267 e. The van der Waals surface area contributed by atoms with Gasteiger partial charge in [-0.15, -0.1) is 0 Å². The fourth-order valence-corrected chi connectivity index (χ4v) is 1.70. The number of alkyl halides is 3. The van der Waals surface area contributed by atoms with Gasteiger partial charge in [-0.05, 0) is 11.6 Å².